The molecule has 0 saturated heterocycles. The second-order valence-corrected chi connectivity index (χ2v) is 3.58. The van der Waals surface area contributed by atoms with E-state index >= 15 is 0 Å². The molecule has 1 aromatic rings. The molecule has 2 rings (SSSR count). The molecule has 0 saturated carbocycles. The zero-order valence-corrected chi connectivity index (χ0v) is 7.97. The molecule has 1 aromatic carbocycles. The molecule has 72 valence electrons. The molecule has 4 heteroatoms. The summed E-state index contributed by atoms with van der Waals surface area (Å²) in [7, 11) is 0. The number of Topliss-reactive ketones (excluding diaryl/α,β-unsaturated/α-hetero) is 1. The molecule has 0 aliphatic heterocycles. The van der Waals surface area contributed by atoms with Gasteiger partial charge < -0.3 is 5.11 Å². The van der Waals surface area contributed by atoms with Gasteiger partial charge in [0, 0.05) is 12.0 Å². The van der Waals surface area contributed by atoms with Crippen molar-refractivity contribution in [2.45, 2.75) is 12.8 Å². The number of carbonyl (C=O) groups is 2. The van der Waals surface area contributed by atoms with E-state index in [1.165, 1.54) is 6.07 Å². The zero-order valence-electron chi connectivity index (χ0n) is 7.21. The molecule has 0 spiro atoms. The number of fused-ring (bicyclic) bond motifs is 1. The summed E-state index contributed by atoms with van der Waals surface area (Å²) in [6.45, 7) is 0. The van der Waals surface area contributed by atoms with Crippen LogP contribution in [0.3, 0.4) is 0 Å². The molecular formula is C10H7ClO3. The Labute approximate surface area is 85.3 Å². The highest BCUT2D eigenvalue weighted by Gasteiger charge is 2.26. The fourth-order valence-electron chi connectivity index (χ4n) is 1.74. The van der Waals surface area contributed by atoms with E-state index in [0.29, 0.717) is 24.0 Å². The van der Waals surface area contributed by atoms with Crippen LogP contribution in [0.15, 0.2) is 12.1 Å². The zero-order chi connectivity index (χ0) is 10.3. The van der Waals surface area contributed by atoms with Crippen LogP contribution in [0.5, 0.6) is 0 Å². The van der Waals surface area contributed by atoms with Crippen molar-refractivity contribution in [3.8, 4) is 0 Å². The fraction of sp³-hybridized carbons (Fsp3) is 0.200. The number of halogens is 1. The van der Waals surface area contributed by atoms with Gasteiger partial charge in [0.2, 0.25) is 0 Å². The molecule has 0 radical (unpaired) electrons. The summed E-state index contributed by atoms with van der Waals surface area (Å²) in [6.07, 6.45) is 0.867. The minimum atomic E-state index is -1.07. The van der Waals surface area contributed by atoms with Gasteiger partial charge in [0.15, 0.2) is 5.78 Å². The van der Waals surface area contributed by atoms with E-state index in [2.05, 4.69) is 0 Å². The largest absolute Gasteiger partial charge is 0.478 e. The molecule has 0 heterocycles. The van der Waals surface area contributed by atoms with Crippen LogP contribution in [0.25, 0.3) is 0 Å². The van der Waals surface area contributed by atoms with Crippen molar-refractivity contribution in [1.82, 2.24) is 0 Å². The van der Waals surface area contributed by atoms with E-state index in [1.54, 1.807) is 6.07 Å². The number of hydrogen-bond acceptors (Lipinski definition) is 2. The van der Waals surface area contributed by atoms with Crippen molar-refractivity contribution in [3.05, 3.63) is 33.8 Å². The maximum atomic E-state index is 11.3. The van der Waals surface area contributed by atoms with Crippen LogP contribution in [0.1, 0.15) is 32.7 Å². The van der Waals surface area contributed by atoms with Gasteiger partial charge in [-0.05, 0) is 24.1 Å². The molecule has 0 aromatic heterocycles. The van der Waals surface area contributed by atoms with Crippen LogP contribution in [0, 0.1) is 0 Å². The highest BCUT2D eigenvalue weighted by Crippen LogP contribution is 2.30. The van der Waals surface area contributed by atoms with E-state index in [4.69, 9.17) is 16.7 Å². The van der Waals surface area contributed by atoms with Crippen LogP contribution in [-0.2, 0) is 6.42 Å². The maximum absolute atomic E-state index is 11.3. The van der Waals surface area contributed by atoms with Crippen molar-refractivity contribution in [1.29, 1.82) is 0 Å². The van der Waals surface area contributed by atoms with Gasteiger partial charge in [-0.1, -0.05) is 11.6 Å². The molecule has 0 atom stereocenters. The first-order valence-electron chi connectivity index (χ1n) is 4.19. The lowest BCUT2D eigenvalue weighted by Crippen LogP contribution is -2.03. The Morgan fingerprint density at radius 1 is 1.36 bits per heavy atom. The molecule has 0 unspecified atom stereocenters. The molecule has 3 nitrogen and oxygen atoms in total. The molecule has 1 aliphatic rings. The number of ketones is 1. The van der Waals surface area contributed by atoms with Crippen molar-refractivity contribution in [2.24, 2.45) is 0 Å². The number of carboxylic acid groups (broad SMARTS) is 1. The second-order valence-electron chi connectivity index (χ2n) is 3.18. The van der Waals surface area contributed by atoms with Crippen molar-refractivity contribution >= 4 is 23.4 Å². The molecular weight excluding hydrogens is 204 g/mol. The Morgan fingerprint density at radius 3 is 2.71 bits per heavy atom. The average molecular weight is 211 g/mol. The Morgan fingerprint density at radius 2 is 2.07 bits per heavy atom. The lowest BCUT2D eigenvalue weighted by molar-refractivity contribution is 0.0696. The van der Waals surface area contributed by atoms with E-state index < -0.39 is 5.97 Å². The number of carbonyl (C=O) groups excluding carboxylic acids is 1. The van der Waals surface area contributed by atoms with Gasteiger partial charge in [0.05, 0.1) is 10.6 Å². The third-order valence-electron chi connectivity index (χ3n) is 2.38. The van der Waals surface area contributed by atoms with Crippen LogP contribution in [0.4, 0.5) is 0 Å². The molecule has 1 N–H and O–H groups in total. The van der Waals surface area contributed by atoms with Gasteiger partial charge in [-0.15, -0.1) is 0 Å². The van der Waals surface area contributed by atoms with Gasteiger partial charge in [0.1, 0.15) is 0 Å². The first-order chi connectivity index (χ1) is 6.61. The quantitative estimate of drug-likeness (QED) is 0.773. The van der Waals surface area contributed by atoms with Gasteiger partial charge in [-0.2, -0.15) is 0 Å². The van der Waals surface area contributed by atoms with Crippen LogP contribution < -0.4 is 0 Å². The number of rotatable bonds is 1. The smallest absolute Gasteiger partial charge is 0.337 e. The fourth-order valence-corrected chi connectivity index (χ4v) is 2.00. The number of carboxylic acids is 1. The summed E-state index contributed by atoms with van der Waals surface area (Å²) in [4.78, 5) is 22.2. The van der Waals surface area contributed by atoms with E-state index in [1.807, 2.05) is 0 Å². The van der Waals surface area contributed by atoms with Crippen LogP contribution in [-0.4, -0.2) is 16.9 Å². The topological polar surface area (TPSA) is 54.4 Å². The second kappa shape index (κ2) is 3.10. The predicted molar refractivity (Wildman–Crippen MR) is 51.1 cm³/mol. The van der Waals surface area contributed by atoms with E-state index in [-0.39, 0.29) is 16.4 Å². The van der Waals surface area contributed by atoms with E-state index in [9.17, 15) is 9.59 Å². The minimum Gasteiger partial charge on any atom is -0.478 e. The standard InChI is InChI=1S/C10H7ClO3/c11-7-3-1-5-6(2-4-8(5)12)9(7)10(13)14/h1,3H,2,4H2,(H,13,14). The van der Waals surface area contributed by atoms with Gasteiger partial charge >= 0.3 is 5.97 Å². The molecule has 0 bridgehead atoms. The van der Waals surface area contributed by atoms with Crippen molar-refractivity contribution in [3.63, 3.8) is 0 Å². The third kappa shape index (κ3) is 1.21. The summed E-state index contributed by atoms with van der Waals surface area (Å²) < 4.78 is 0. The summed E-state index contributed by atoms with van der Waals surface area (Å²) in [5, 5.41) is 9.12. The average Bonchev–Trinajstić information content (AvgIpc) is 2.47. The lowest BCUT2D eigenvalue weighted by atomic mass is 10.0. The Balaban J connectivity index is 2.71. The number of hydrogen-bond donors (Lipinski definition) is 1. The lowest BCUT2D eigenvalue weighted by Gasteiger charge is -2.04. The molecule has 0 fully saturated rings. The summed E-state index contributed by atoms with van der Waals surface area (Å²) in [6, 6.07) is 3.06. The van der Waals surface area contributed by atoms with E-state index in [0.717, 1.165) is 0 Å². The predicted octanol–water partition coefficient (Wildman–Crippen LogP) is 2.17. The Bertz CT molecular complexity index is 437. The SMILES string of the molecule is O=C1CCc2c1ccc(Cl)c2C(=O)O. The van der Waals surface area contributed by atoms with Gasteiger partial charge in [-0.3, -0.25) is 4.79 Å². The monoisotopic (exact) mass is 210 g/mol. The normalized spacial score (nSPS) is 14.2. The Hall–Kier alpha value is -1.35. The molecule has 14 heavy (non-hydrogen) atoms. The van der Waals surface area contributed by atoms with Crippen molar-refractivity contribution < 1.29 is 14.7 Å². The van der Waals surface area contributed by atoms with Crippen LogP contribution in [0.2, 0.25) is 5.02 Å². The highest BCUT2D eigenvalue weighted by molar-refractivity contribution is 6.34. The maximum Gasteiger partial charge on any atom is 0.337 e. The summed E-state index contributed by atoms with van der Waals surface area (Å²) >= 11 is 5.76. The number of aromatic carboxylic acids is 1. The first-order valence-corrected chi connectivity index (χ1v) is 4.57. The van der Waals surface area contributed by atoms with Crippen LogP contribution >= 0.6 is 11.6 Å². The minimum absolute atomic E-state index is 0.000772. The van der Waals surface area contributed by atoms with Gasteiger partial charge in [-0.25, -0.2) is 4.79 Å². The highest BCUT2D eigenvalue weighted by atomic mass is 35.5. The summed E-state index contributed by atoms with van der Waals surface area (Å²) in [5.74, 6) is -1.07. The van der Waals surface area contributed by atoms with Crippen molar-refractivity contribution in [2.75, 3.05) is 0 Å². The molecule has 1 aliphatic carbocycles. The molecule has 0 amide bonds. The van der Waals surface area contributed by atoms with Gasteiger partial charge in [0.25, 0.3) is 0 Å². The number of benzene rings is 1. The summed E-state index contributed by atoms with van der Waals surface area (Å²) in [5.41, 5.74) is 1.16. The first kappa shape index (κ1) is 9.21. The third-order valence-corrected chi connectivity index (χ3v) is 2.69. The Kier molecular flexibility index (Phi) is 2.04.